The molecule has 112 valence electrons. The summed E-state index contributed by atoms with van der Waals surface area (Å²) >= 11 is 0. The van der Waals surface area contributed by atoms with Gasteiger partial charge < -0.3 is 16.2 Å². The van der Waals surface area contributed by atoms with Crippen LogP contribution in [0.3, 0.4) is 0 Å². The molecule has 2 rings (SSSR count). The summed E-state index contributed by atoms with van der Waals surface area (Å²) in [6.45, 7) is -0.0856. The molecule has 0 aliphatic carbocycles. The SMILES string of the molecule is Cn1ncc(CNC(=O)c2cc(F)c(F)c(O)c2F)c1N. The molecule has 1 aromatic carbocycles. The quantitative estimate of drug-likeness (QED) is 0.739. The Labute approximate surface area is 117 Å². The first-order valence-corrected chi connectivity index (χ1v) is 5.74. The molecular formula is C12H11F3N4O2. The number of nitrogens with two attached hydrogens (primary N) is 1. The van der Waals surface area contributed by atoms with Crippen LogP contribution in [0, 0.1) is 17.5 Å². The van der Waals surface area contributed by atoms with Gasteiger partial charge >= 0.3 is 0 Å². The van der Waals surface area contributed by atoms with Crippen molar-refractivity contribution in [2.45, 2.75) is 6.54 Å². The van der Waals surface area contributed by atoms with Gasteiger partial charge in [0.15, 0.2) is 17.4 Å². The van der Waals surface area contributed by atoms with Crippen molar-refractivity contribution in [3.05, 3.63) is 40.8 Å². The molecule has 0 spiro atoms. The number of hydrogen-bond donors (Lipinski definition) is 3. The van der Waals surface area contributed by atoms with Crippen molar-refractivity contribution in [2.24, 2.45) is 7.05 Å². The van der Waals surface area contributed by atoms with Gasteiger partial charge in [-0.1, -0.05) is 0 Å². The predicted octanol–water partition coefficient (Wildman–Crippen LogP) is 1.06. The molecule has 1 heterocycles. The monoisotopic (exact) mass is 300 g/mol. The molecule has 4 N–H and O–H groups in total. The molecule has 1 amide bonds. The van der Waals surface area contributed by atoms with Crippen LogP contribution in [0.5, 0.6) is 5.75 Å². The van der Waals surface area contributed by atoms with Crippen LogP contribution in [0.2, 0.25) is 0 Å². The average molecular weight is 300 g/mol. The van der Waals surface area contributed by atoms with Crippen molar-refractivity contribution in [1.29, 1.82) is 0 Å². The molecule has 0 unspecified atom stereocenters. The standard InChI is InChI=1S/C12H11F3N4O2/c1-19-11(16)5(4-18-19)3-17-12(21)6-2-7(13)9(15)10(20)8(6)14/h2,4,20H,3,16H2,1H3,(H,17,21). The fraction of sp³-hybridized carbons (Fsp3) is 0.167. The summed E-state index contributed by atoms with van der Waals surface area (Å²) in [4.78, 5) is 11.8. The van der Waals surface area contributed by atoms with Crippen LogP contribution in [0.25, 0.3) is 0 Å². The number of aryl methyl sites for hydroxylation is 1. The Morgan fingerprint density at radius 3 is 2.67 bits per heavy atom. The second kappa shape index (κ2) is 5.35. The minimum atomic E-state index is -1.75. The topological polar surface area (TPSA) is 93.2 Å². The van der Waals surface area contributed by atoms with E-state index in [4.69, 9.17) is 10.8 Å². The Morgan fingerprint density at radius 1 is 1.43 bits per heavy atom. The fourth-order valence-electron chi connectivity index (χ4n) is 1.66. The normalized spacial score (nSPS) is 10.7. The first kappa shape index (κ1) is 14.7. The number of nitrogens with zero attached hydrogens (tertiary/aromatic N) is 2. The third kappa shape index (κ3) is 2.62. The van der Waals surface area contributed by atoms with Gasteiger partial charge in [-0.15, -0.1) is 0 Å². The van der Waals surface area contributed by atoms with Crippen LogP contribution >= 0.6 is 0 Å². The Morgan fingerprint density at radius 2 is 2.10 bits per heavy atom. The highest BCUT2D eigenvalue weighted by Crippen LogP contribution is 2.25. The van der Waals surface area contributed by atoms with E-state index in [0.29, 0.717) is 17.4 Å². The number of phenols is 1. The van der Waals surface area contributed by atoms with Gasteiger partial charge in [0.25, 0.3) is 5.91 Å². The van der Waals surface area contributed by atoms with Gasteiger partial charge in [0, 0.05) is 19.2 Å². The summed E-state index contributed by atoms with van der Waals surface area (Å²) < 4.78 is 40.9. The molecule has 0 aliphatic heterocycles. The summed E-state index contributed by atoms with van der Waals surface area (Å²) in [7, 11) is 1.59. The number of aromatic nitrogens is 2. The number of carbonyl (C=O) groups is 1. The zero-order valence-corrected chi connectivity index (χ0v) is 10.8. The molecule has 0 saturated carbocycles. The lowest BCUT2D eigenvalue weighted by Crippen LogP contribution is -2.24. The van der Waals surface area contributed by atoms with E-state index in [9.17, 15) is 18.0 Å². The molecule has 1 aromatic heterocycles. The maximum atomic E-state index is 13.5. The van der Waals surface area contributed by atoms with E-state index in [0.717, 1.165) is 0 Å². The molecule has 2 aromatic rings. The van der Waals surface area contributed by atoms with E-state index in [2.05, 4.69) is 10.4 Å². The summed E-state index contributed by atoms with van der Waals surface area (Å²) in [5, 5.41) is 15.2. The smallest absolute Gasteiger partial charge is 0.254 e. The molecule has 0 atom stereocenters. The predicted molar refractivity (Wildman–Crippen MR) is 66.8 cm³/mol. The Balaban J connectivity index is 2.20. The van der Waals surface area contributed by atoms with E-state index in [1.807, 2.05) is 0 Å². The number of benzene rings is 1. The molecule has 0 radical (unpaired) electrons. The Hall–Kier alpha value is -2.71. The Kier molecular flexibility index (Phi) is 3.74. The van der Waals surface area contributed by atoms with E-state index in [1.54, 1.807) is 7.05 Å². The van der Waals surface area contributed by atoms with Crippen LogP contribution in [0.15, 0.2) is 12.3 Å². The second-order valence-corrected chi connectivity index (χ2v) is 4.24. The van der Waals surface area contributed by atoms with E-state index < -0.39 is 34.7 Å². The largest absolute Gasteiger partial charge is 0.503 e. The van der Waals surface area contributed by atoms with Gasteiger partial charge in [-0.2, -0.15) is 9.49 Å². The number of hydrogen-bond acceptors (Lipinski definition) is 4. The van der Waals surface area contributed by atoms with Crippen LogP contribution < -0.4 is 11.1 Å². The van der Waals surface area contributed by atoms with Crippen LogP contribution in [0.4, 0.5) is 19.0 Å². The zero-order chi connectivity index (χ0) is 15.7. The molecule has 6 nitrogen and oxygen atoms in total. The molecule has 0 aliphatic rings. The fourth-order valence-corrected chi connectivity index (χ4v) is 1.66. The molecule has 0 fully saturated rings. The van der Waals surface area contributed by atoms with E-state index >= 15 is 0 Å². The molecule has 0 saturated heterocycles. The van der Waals surface area contributed by atoms with Gasteiger partial charge in [0.1, 0.15) is 5.82 Å². The number of halogens is 3. The van der Waals surface area contributed by atoms with Gasteiger partial charge in [0.05, 0.1) is 11.8 Å². The number of anilines is 1. The Bertz CT molecular complexity index is 715. The van der Waals surface area contributed by atoms with Crippen molar-refractivity contribution >= 4 is 11.7 Å². The molecular weight excluding hydrogens is 289 g/mol. The number of nitrogen functional groups attached to an aromatic ring is 1. The number of amides is 1. The number of aromatic hydroxyl groups is 1. The third-order valence-corrected chi connectivity index (χ3v) is 2.88. The van der Waals surface area contributed by atoms with Gasteiger partial charge in [-0.25, -0.2) is 8.78 Å². The van der Waals surface area contributed by atoms with E-state index in [-0.39, 0.29) is 6.54 Å². The van der Waals surface area contributed by atoms with Gasteiger partial charge in [0.2, 0.25) is 5.82 Å². The first-order valence-electron chi connectivity index (χ1n) is 5.74. The highest BCUT2D eigenvalue weighted by atomic mass is 19.2. The third-order valence-electron chi connectivity index (χ3n) is 2.88. The van der Waals surface area contributed by atoms with Crippen LogP contribution in [0.1, 0.15) is 15.9 Å². The molecule has 21 heavy (non-hydrogen) atoms. The average Bonchev–Trinajstić information content (AvgIpc) is 2.78. The van der Waals surface area contributed by atoms with Crippen LogP contribution in [-0.4, -0.2) is 20.8 Å². The maximum absolute atomic E-state index is 13.5. The minimum Gasteiger partial charge on any atom is -0.503 e. The number of carbonyl (C=O) groups excluding carboxylic acids is 1. The van der Waals surface area contributed by atoms with Crippen molar-refractivity contribution in [3.63, 3.8) is 0 Å². The molecule has 0 bridgehead atoms. The second-order valence-electron chi connectivity index (χ2n) is 4.24. The highest BCUT2D eigenvalue weighted by Gasteiger charge is 2.22. The lowest BCUT2D eigenvalue weighted by atomic mass is 10.1. The zero-order valence-electron chi connectivity index (χ0n) is 10.8. The van der Waals surface area contributed by atoms with Gasteiger partial charge in [-0.3, -0.25) is 9.48 Å². The summed E-state index contributed by atoms with van der Waals surface area (Å²) in [5.74, 6) is -7.08. The molecule has 9 heteroatoms. The summed E-state index contributed by atoms with van der Waals surface area (Å²) in [6, 6.07) is 0.367. The number of rotatable bonds is 3. The van der Waals surface area contributed by atoms with Gasteiger partial charge in [-0.05, 0) is 6.07 Å². The van der Waals surface area contributed by atoms with E-state index in [1.165, 1.54) is 10.9 Å². The summed E-state index contributed by atoms with van der Waals surface area (Å²) in [6.07, 6.45) is 1.40. The maximum Gasteiger partial charge on any atom is 0.254 e. The van der Waals surface area contributed by atoms with Crippen molar-refractivity contribution in [3.8, 4) is 5.75 Å². The lowest BCUT2D eigenvalue weighted by molar-refractivity contribution is 0.0945. The van der Waals surface area contributed by atoms with Crippen molar-refractivity contribution < 1.29 is 23.1 Å². The lowest BCUT2D eigenvalue weighted by Gasteiger charge is -2.08. The first-order chi connectivity index (χ1) is 9.82. The number of phenolic OH excluding ortho intramolecular Hbond substituents is 1. The summed E-state index contributed by atoms with van der Waals surface area (Å²) in [5.41, 5.74) is 5.31. The number of nitrogens with one attached hydrogen (secondary N) is 1. The van der Waals surface area contributed by atoms with Crippen molar-refractivity contribution in [1.82, 2.24) is 15.1 Å². The van der Waals surface area contributed by atoms with Crippen molar-refractivity contribution in [2.75, 3.05) is 5.73 Å². The minimum absolute atomic E-state index is 0.0856. The van der Waals surface area contributed by atoms with Crippen LogP contribution in [-0.2, 0) is 13.6 Å². The highest BCUT2D eigenvalue weighted by molar-refractivity contribution is 5.95.